The summed E-state index contributed by atoms with van der Waals surface area (Å²) in [5, 5.41) is 15.3. The number of carbonyl (C=O) groups excluding carboxylic acids is 1. The average Bonchev–Trinajstić information content (AvgIpc) is 2.76. The van der Waals surface area contributed by atoms with E-state index in [1.807, 2.05) is 31.2 Å². The second kappa shape index (κ2) is 5.82. The van der Waals surface area contributed by atoms with Crippen LogP contribution in [0.4, 0.5) is 0 Å². The molecule has 1 aromatic rings. The zero-order chi connectivity index (χ0) is 13.1. The summed E-state index contributed by atoms with van der Waals surface area (Å²) < 4.78 is 1.02. The maximum atomic E-state index is 11.9. The van der Waals surface area contributed by atoms with Crippen LogP contribution in [0.2, 0.25) is 0 Å². The van der Waals surface area contributed by atoms with E-state index in [4.69, 9.17) is 0 Å². The normalized spacial score (nSPS) is 24.8. The summed E-state index contributed by atoms with van der Waals surface area (Å²) >= 11 is 3.38. The predicted molar refractivity (Wildman–Crippen MR) is 73.1 cm³/mol. The van der Waals surface area contributed by atoms with Gasteiger partial charge in [-0.1, -0.05) is 28.1 Å². The van der Waals surface area contributed by atoms with Crippen LogP contribution in [-0.4, -0.2) is 29.7 Å². The lowest BCUT2D eigenvalue weighted by molar-refractivity contribution is -0.123. The molecule has 1 fully saturated rings. The molecule has 2 rings (SSSR count). The molecule has 0 aromatic heterocycles. The van der Waals surface area contributed by atoms with Crippen LogP contribution in [-0.2, 0) is 4.79 Å². The van der Waals surface area contributed by atoms with Gasteiger partial charge in [0.1, 0.15) is 0 Å². The summed E-state index contributed by atoms with van der Waals surface area (Å²) in [6, 6.07) is 7.55. The summed E-state index contributed by atoms with van der Waals surface area (Å²) in [6.45, 7) is 2.44. The fourth-order valence-corrected chi connectivity index (χ4v) is 2.33. The van der Waals surface area contributed by atoms with Crippen molar-refractivity contribution in [3.05, 3.63) is 34.3 Å². The van der Waals surface area contributed by atoms with Crippen molar-refractivity contribution in [2.24, 2.45) is 0 Å². The fourth-order valence-electron chi connectivity index (χ4n) is 2.07. The topological polar surface area (TPSA) is 61.4 Å². The van der Waals surface area contributed by atoms with Crippen molar-refractivity contribution in [2.45, 2.75) is 31.5 Å². The molecule has 0 spiro atoms. The minimum Gasteiger partial charge on any atom is -0.392 e. The maximum Gasteiger partial charge on any atom is 0.237 e. The molecule has 1 amide bonds. The summed E-state index contributed by atoms with van der Waals surface area (Å²) in [5.74, 6) is -0.0537. The summed E-state index contributed by atoms with van der Waals surface area (Å²) in [6.07, 6.45) is 0.0718. The Kier molecular flexibility index (Phi) is 4.37. The first-order valence-electron chi connectivity index (χ1n) is 6.03. The molecule has 98 valence electrons. The zero-order valence-electron chi connectivity index (χ0n) is 10.2. The van der Waals surface area contributed by atoms with Gasteiger partial charge in [0.2, 0.25) is 5.91 Å². The van der Waals surface area contributed by atoms with E-state index in [0.717, 1.165) is 10.0 Å². The third-order valence-electron chi connectivity index (χ3n) is 3.15. The number of nitrogens with one attached hydrogen (secondary N) is 2. The number of hydrogen-bond acceptors (Lipinski definition) is 3. The van der Waals surface area contributed by atoms with Gasteiger partial charge in [-0.2, -0.15) is 0 Å². The maximum absolute atomic E-state index is 11.9. The minimum atomic E-state index is -0.413. The van der Waals surface area contributed by atoms with Gasteiger partial charge in [0.05, 0.1) is 18.2 Å². The molecule has 4 nitrogen and oxygen atoms in total. The number of β-amino-alcohol motifs (C(OH)–C–C–N with tert-alkyl or cyclic N) is 1. The highest BCUT2D eigenvalue weighted by molar-refractivity contribution is 9.10. The van der Waals surface area contributed by atoms with Gasteiger partial charge in [0.25, 0.3) is 0 Å². The molecule has 5 heteroatoms. The molecule has 18 heavy (non-hydrogen) atoms. The third kappa shape index (κ3) is 3.31. The van der Waals surface area contributed by atoms with Crippen molar-refractivity contribution in [3.63, 3.8) is 0 Å². The van der Waals surface area contributed by atoms with E-state index in [1.54, 1.807) is 0 Å². The molecule has 0 bridgehead atoms. The molecular formula is C13H17BrN2O2. The lowest BCUT2D eigenvalue weighted by atomic mass is 10.1. The van der Waals surface area contributed by atoms with Gasteiger partial charge in [-0.15, -0.1) is 0 Å². The van der Waals surface area contributed by atoms with Crippen LogP contribution in [0.15, 0.2) is 28.7 Å². The van der Waals surface area contributed by atoms with Gasteiger partial charge < -0.3 is 15.7 Å². The van der Waals surface area contributed by atoms with Crippen molar-refractivity contribution in [1.82, 2.24) is 10.6 Å². The van der Waals surface area contributed by atoms with Gasteiger partial charge in [-0.25, -0.2) is 0 Å². The molecule has 3 atom stereocenters. The number of halogens is 1. The SMILES string of the molecule is C[C@H](NC(=O)C1CC(O)CN1)c1ccc(Br)cc1. The highest BCUT2D eigenvalue weighted by atomic mass is 79.9. The largest absolute Gasteiger partial charge is 0.392 e. The Labute approximate surface area is 115 Å². The van der Waals surface area contributed by atoms with Crippen LogP contribution in [0, 0.1) is 0 Å². The van der Waals surface area contributed by atoms with E-state index in [1.165, 1.54) is 0 Å². The van der Waals surface area contributed by atoms with Gasteiger partial charge in [-0.3, -0.25) is 4.79 Å². The van der Waals surface area contributed by atoms with E-state index in [2.05, 4.69) is 26.6 Å². The van der Waals surface area contributed by atoms with E-state index >= 15 is 0 Å². The molecule has 1 aliphatic rings. The number of amides is 1. The van der Waals surface area contributed by atoms with Gasteiger partial charge in [0.15, 0.2) is 0 Å². The lowest BCUT2D eigenvalue weighted by Gasteiger charge is -2.17. The molecule has 2 unspecified atom stereocenters. The van der Waals surface area contributed by atoms with Gasteiger partial charge >= 0.3 is 0 Å². The van der Waals surface area contributed by atoms with Crippen molar-refractivity contribution < 1.29 is 9.90 Å². The number of aliphatic hydroxyl groups excluding tert-OH is 1. The second-order valence-corrected chi connectivity index (χ2v) is 5.55. The van der Waals surface area contributed by atoms with Crippen LogP contribution < -0.4 is 10.6 Å². The Morgan fingerprint density at radius 1 is 1.50 bits per heavy atom. The zero-order valence-corrected chi connectivity index (χ0v) is 11.8. The number of carbonyl (C=O) groups is 1. The quantitative estimate of drug-likeness (QED) is 0.789. The monoisotopic (exact) mass is 312 g/mol. The second-order valence-electron chi connectivity index (χ2n) is 4.63. The Hall–Kier alpha value is -0.910. The minimum absolute atomic E-state index is 0.0369. The van der Waals surface area contributed by atoms with Crippen LogP contribution >= 0.6 is 15.9 Å². The van der Waals surface area contributed by atoms with E-state index in [0.29, 0.717) is 13.0 Å². The van der Waals surface area contributed by atoms with E-state index in [9.17, 15) is 9.90 Å². The first-order chi connectivity index (χ1) is 8.56. The third-order valence-corrected chi connectivity index (χ3v) is 3.68. The average molecular weight is 313 g/mol. The molecular weight excluding hydrogens is 296 g/mol. The van der Waals surface area contributed by atoms with Crippen LogP contribution in [0.3, 0.4) is 0 Å². The van der Waals surface area contributed by atoms with E-state index < -0.39 is 6.10 Å². The first-order valence-corrected chi connectivity index (χ1v) is 6.83. The fraction of sp³-hybridized carbons (Fsp3) is 0.462. The van der Waals surface area contributed by atoms with Crippen molar-refractivity contribution >= 4 is 21.8 Å². The smallest absolute Gasteiger partial charge is 0.237 e. The molecule has 1 saturated heterocycles. The number of aliphatic hydroxyl groups is 1. The Morgan fingerprint density at radius 2 is 2.17 bits per heavy atom. The molecule has 0 radical (unpaired) electrons. The molecule has 1 aromatic carbocycles. The Balaban J connectivity index is 1.92. The summed E-state index contributed by atoms with van der Waals surface area (Å²) in [7, 11) is 0. The highest BCUT2D eigenvalue weighted by Crippen LogP contribution is 2.17. The van der Waals surface area contributed by atoms with Crippen molar-refractivity contribution in [1.29, 1.82) is 0 Å². The first kappa shape index (κ1) is 13.5. The van der Waals surface area contributed by atoms with E-state index in [-0.39, 0.29) is 18.0 Å². The van der Waals surface area contributed by atoms with Crippen LogP contribution in [0.1, 0.15) is 24.9 Å². The van der Waals surface area contributed by atoms with Crippen LogP contribution in [0.25, 0.3) is 0 Å². The molecule has 1 heterocycles. The van der Waals surface area contributed by atoms with Gasteiger partial charge in [-0.05, 0) is 31.0 Å². The van der Waals surface area contributed by atoms with Crippen LogP contribution in [0.5, 0.6) is 0 Å². The molecule has 0 aliphatic carbocycles. The van der Waals surface area contributed by atoms with Crippen molar-refractivity contribution in [3.8, 4) is 0 Å². The molecule has 3 N–H and O–H groups in total. The number of hydrogen-bond donors (Lipinski definition) is 3. The van der Waals surface area contributed by atoms with Gasteiger partial charge in [0, 0.05) is 11.0 Å². The number of benzene rings is 1. The summed E-state index contributed by atoms with van der Waals surface area (Å²) in [5.41, 5.74) is 1.06. The predicted octanol–water partition coefficient (Wildman–Crippen LogP) is 1.35. The van der Waals surface area contributed by atoms with Crippen molar-refractivity contribution in [2.75, 3.05) is 6.54 Å². The Morgan fingerprint density at radius 3 is 2.72 bits per heavy atom. The highest BCUT2D eigenvalue weighted by Gasteiger charge is 2.28. The number of rotatable bonds is 3. The summed E-state index contributed by atoms with van der Waals surface area (Å²) in [4.78, 5) is 11.9. The standard InChI is InChI=1S/C13H17BrN2O2/c1-8(9-2-4-10(14)5-3-9)16-13(18)12-6-11(17)7-15-12/h2-5,8,11-12,15,17H,6-7H2,1H3,(H,16,18)/t8-,11?,12?/m0/s1. The Bertz CT molecular complexity index is 422. The molecule has 0 saturated carbocycles. The molecule has 1 aliphatic heterocycles. The lowest BCUT2D eigenvalue weighted by Crippen LogP contribution is -2.41.